The number of nitrogens with zero attached hydrogens (tertiary/aromatic N) is 3. The predicted molar refractivity (Wildman–Crippen MR) is 123 cm³/mol. The van der Waals surface area contributed by atoms with Crippen LogP contribution in [0.15, 0.2) is 60.7 Å². The van der Waals surface area contributed by atoms with Gasteiger partial charge in [0.2, 0.25) is 0 Å². The molecular weight excluding hydrogens is 418 g/mol. The van der Waals surface area contributed by atoms with E-state index in [2.05, 4.69) is 5.10 Å². The van der Waals surface area contributed by atoms with Gasteiger partial charge in [-0.05, 0) is 43.2 Å². The van der Waals surface area contributed by atoms with Crippen molar-refractivity contribution in [3.05, 3.63) is 83.2 Å². The molecule has 2 aliphatic rings. The lowest BCUT2D eigenvalue weighted by Crippen LogP contribution is -2.62. The Morgan fingerprint density at radius 1 is 1.09 bits per heavy atom. The Kier molecular flexibility index (Phi) is 5.68. The Labute approximate surface area is 193 Å². The summed E-state index contributed by atoms with van der Waals surface area (Å²) in [7, 11) is 0. The van der Waals surface area contributed by atoms with Crippen molar-refractivity contribution in [1.82, 2.24) is 14.7 Å². The van der Waals surface area contributed by atoms with Crippen molar-refractivity contribution in [3.63, 3.8) is 0 Å². The summed E-state index contributed by atoms with van der Waals surface area (Å²) in [5, 5.41) is 16.3. The van der Waals surface area contributed by atoms with Gasteiger partial charge in [-0.1, -0.05) is 42.5 Å². The number of hydrogen-bond acceptors (Lipinski definition) is 5. The highest BCUT2D eigenvalue weighted by atomic mass is 16.6. The first-order valence-corrected chi connectivity index (χ1v) is 11.4. The van der Waals surface area contributed by atoms with E-state index < -0.39 is 5.60 Å². The molecule has 172 valence electrons. The maximum Gasteiger partial charge on any atom is 0.410 e. The smallest absolute Gasteiger partial charge is 0.410 e. The summed E-state index contributed by atoms with van der Waals surface area (Å²) < 4.78 is 13.2. The summed E-state index contributed by atoms with van der Waals surface area (Å²) in [5.74, 6) is 0. The lowest BCUT2D eigenvalue weighted by Gasteiger charge is -2.51. The Morgan fingerprint density at radius 2 is 1.82 bits per heavy atom. The zero-order valence-electron chi connectivity index (χ0n) is 19.0. The topological polar surface area (TPSA) is 76.8 Å². The molecule has 3 aromatic rings. The number of hydrogen-bond donors (Lipinski definition) is 1. The summed E-state index contributed by atoms with van der Waals surface area (Å²) in [6.45, 7) is 4.98. The number of aliphatic hydroxyl groups is 1. The average molecular weight is 448 g/mol. The van der Waals surface area contributed by atoms with Gasteiger partial charge in [0.1, 0.15) is 6.61 Å². The van der Waals surface area contributed by atoms with Crippen LogP contribution in [0.25, 0.3) is 5.69 Å². The molecule has 7 heteroatoms. The highest BCUT2D eigenvalue weighted by molar-refractivity contribution is 5.69. The first kappa shape index (κ1) is 21.7. The van der Waals surface area contributed by atoms with Crippen molar-refractivity contribution in [2.24, 2.45) is 0 Å². The van der Waals surface area contributed by atoms with Crippen LogP contribution in [0.5, 0.6) is 0 Å². The Balaban J connectivity index is 1.35. The van der Waals surface area contributed by atoms with Crippen LogP contribution < -0.4 is 0 Å². The maximum absolute atomic E-state index is 13.0. The molecule has 2 bridgehead atoms. The highest BCUT2D eigenvalue weighted by Crippen LogP contribution is 2.41. The number of carbonyl (C=O) groups is 1. The summed E-state index contributed by atoms with van der Waals surface area (Å²) in [6.07, 6.45) is 0.435. The number of aryl methyl sites for hydroxylation is 2. The highest BCUT2D eigenvalue weighted by Gasteiger charge is 2.49. The molecule has 1 amide bonds. The predicted octanol–water partition coefficient (Wildman–Crippen LogP) is 3.88. The minimum Gasteiger partial charge on any atom is -0.445 e. The van der Waals surface area contributed by atoms with Crippen molar-refractivity contribution >= 4 is 6.09 Å². The molecule has 1 aromatic heterocycles. The van der Waals surface area contributed by atoms with Crippen LogP contribution in [-0.4, -0.2) is 51.2 Å². The molecule has 0 aliphatic carbocycles. The number of benzene rings is 2. The third-order valence-corrected chi connectivity index (χ3v) is 6.61. The molecular formula is C26H29N3O4. The fourth-order valence-corrected chi connectivity index (χ4v) is 5.12. The van der Waals surface area contributed by atoms with Gasteiger partial charge in [-0.2, -0.15) is 5.10 Å². The SMILES string of the molecule is Cc1cc(C)n(-c2cccc(C3(O)CC4COCC(C3)N4C(=O)OCc3ccccc3)c2)n1. The number of fused-ring (bicyclic) bond motifs is 2. The minimum absolute atomic E-state index is 0.228. The van der Waals surface area contributed by atoms with E-state index in [4.69, 9.17) is 9.47 Å². The van der Waals surface area contributed by atoms with Gasteiger partial charge >= 0.3 is 6.09 Å². The molecule has 2 unspecified atom stereocenters. The number of aromatic nitrogens is 2. The van der Waals surface area contributed by atoms with Crippen LogP contribution >= 0.6 is 0 Å². The zero-order valence-corrected chi connectivity index (χ0v) is 19.0. The molecule has 5 rings (SSSR count). The Hall–Kier alpha value is -3.16. The van der Waals surface area contributed by atoms with Gasteiger partial charge in [0.25, 0.3) is 0 Å². The van der Waals surface area contributed by atoms with Gasteiger partial charge in [-0.15, -0.1) is 0 Å². The summed E-state index contributed by atoms with van der Waals surface area (Å²) in [4.78, 5) is 14.7. The molecule has 3 heterocycles. The van der Waals surface area contributed by atoms with Crippen LogP contribution in [0.4, 0.5) is 4.79 Å². The van der Waals surface area contributed by atoms with E-state index >= 15 is 0 Å². The molecule has 2 fully saturated rings. The monoisotopic (exact) mass is 447 g/mol. The van der Waals surface area contributed by atoms with E-state index in [1.165, 1.54) is 0 Å². The maximum atomic E-state index is 13.0. The quantitative estimate of drug-likeness (QED) is 0.657. The number of rotatable bonds is 4. The van der Waals surface area contributed by atoms with Gasteiger partial charge in [-0.3, -0.25) is 4.90 Å². The summed E-state index contributed by atoms with van der Waals surface area (Å²) >= 11 is 0. The molecule has 0 spiro atoms. The molecule has 2 atom stereocenters. The van der Waals surface area contributed by atoms with Crippen molar-refractivity contribution in [2.45, 2.75) is 51.0 Å². The van der Waals surface area contributed by atoms with Crippen LogP contribution in [-0.2, 0) is 21.7 Å². The fraction of sp³-hybridized carbons (Fsp3) is 0.385. The zero-order chi connectivity index (χ0) is 23.0. The van der Waals surface area contributed by atoms with Crippen molar-refractivity contribution < 1.29 is 19.4 Å². The van der Waals surface area contributed by atoms with Gasteiger partial charge in [0.15, 0.2) is 0 Å². The number of carbonyl (C=O) groups excluding carboxylic acids is 1. The van der Waals surface area contributed by atoms with Crippen LogP contribution in [0, 0.1) is 13.8 Å². The first-order valence-electron chi connectivity index (χ1n) is 11.4. The number of ether oxygens (including phenoxy) is 2. The van der Waals surface area contributed by atoms with Gasteiger partial charge in [0, 0.05) is 18.5 Å². The van der Waals surface area contributed by atoms with Gasteiger partial charge < -0.3 is 14.6 Å². The van der Waals surface area contributed by atoms with Crippen LogP contribution in [0.3, 0.4) is 0 Å². The molecule has 1 N–H and O–H groups in total. The summed E-state index contributed by atoms with van der Waals surface area (Å²) in [5.41, 5.74) is 3.63. The van der Waals surface area contributed by atoms with Gasteiger partial charge in [-0.25, -0.2) is 9.48 Å². The number of amides is 1. The third-order valence-electron chi connectivity index (χ3n) is 6.61. The van der Waals surface area contributed by atoms with Crippen molar-refractivity contribution in [1.29, 1.82) is 0 Å². The van der Waals surface area contributed by atoms with Crippen LogP contribution in [0.2, 0.25) is 0 Å². The van der Waals surface area contributed by atoms with E-state index in [9.17, 15) is 9.90 Å². The van der Waals surface area contributed by atoms with E-state index in [0.29, 0.717) is 26.1 Å². The van der Waals surface area contributed by atoms with Gasteiger partial charge in [0.05, 0.1) is 42.3 Å². The van der Waals surface area contributed by atoms with Crippen molar-refractivity contribution in [3.8, 4) is 5.69 Å². The van der Waals surface area contributed by atoms with Crippen LogP contribution in [0.1, 0.15) is 35.4 Å². The Morgan fingerprint density at radius 3 is 2.48 bits per heavy atom. The van der Waals surface area contributed by atoms with E-state index in [-0.39, 0.29) is 24.8 Å². The fourth-order valence-electron chi connectivity index (χ4n) is 5.12. The molecule has 33 heavy (non-hydrogen) atoms. The lowest BCUT2D eigenvalue weighted by atomic mass is 9.77. The lowest BCUT2D eigenvalue weighted by molar-refractivity contribution is -0.136. The Bertz CT molecular complexity index is 1130. The second-order valence-corrected chi connectivity index (χ2v) is 9.12. The molecule has 7 nitrogen and oxygen atoms in total. The van der Waals surface area contributed by atoms with Crippen molar-refractivity contribution in [2.75, 3.05) is 13.2 Å². The van der Waals surface area contributed by atoms with E-state index in [1.807, 2.05) is 79.2 Å². The van der Waals surface area contributed by atoms with E-state index in [1.54, 1.807) is 4.90 Å². The second-order valence-electron chi connectivity index (χ2n) is 9.12. The molecule has 0 saturated carbocycles. The number of morpholine rings is 1. The molecule has 2 aromatic carbocycles. The minimum atomic E-state index is -1.05. The normalized spacial score (nSPS) is 24.5. The molecule has 2 saturated heterocycles. The molecule has 0 radical (unpaired) electrons. The van der Waals surface area contributed by atoms with E-state index in [0.717, 1.165) is 28.2 Å². The largest absolute Gasteiger partial charge is 0.445 e. The molecule has 2 aliphatic heterocycles. The summed E-state index contributed by atoms with van der Waals surface area (Å²) in [6, 6.07) is 19.1. The standard InChI is InChI=1S/C26H29N3O4/c1-18-11-19(2)29(27-18)22-10-6-9-21(12-22)26(31)13-23-16-32-17-24(14-26)28(23)25(30)33-15-20-7-4-3-5-8-20/h3-12,23-24,31H,13-17H2,1-2H3. The number of piperidine rings is 1. The second kappa shape index (κ2) is 8.65. The first-order chi connectivity index (χ1) is 15.9. The third kappa shape index (κ3) is 4.26. The average Bonchev–Trinajstić information content (AvgIpc) is 3.15.